The van der Waals surface area contributed by atoms with Crippen LogP contribution < -0.4 is 4.74 Å². The predicted octanol–water partition coefficient (Wildman–Crippen LogP) is 3.20. The summed E-state index contributed by atoms with van der Waals surface area (Å²) in [5.74, 6) is 0.372. The SMILES string of the molecule is N#C/C(=C1/Oc2ccccc2C1=O)c1ccccc1. The van der Waals surface area contributed by atoms with Crippen molar-refractivity contribution >= 4 is 11.4 Å². The summed E-state index contributed by atoms with van der Waals surface area (Å²) in [6.07, 6.45) is 0. The fraction of sp³-hybridized carbons (Fsp3) is 0. The number of nitrogens with zero attached hydrogens (tertiary/aromatic N) is 1. The number of rotatable bonds is 1. The molecule has 0 saturated carbocycles. The Balaban J connectivity index is 2.15. The molecular formula is C16H9NO2. The molecular weight excluding hydrogens is 238 g/mol. The summed E-state index contributed by atoms with van der Waals surface area (Å²) in [5.41, 5.74) is 1.45. The van der Waals surface area contributed by atoms with Crippen LogP contribution in [0.25, 0.3) is 5.57 Å². The molecule has 0 N–H and O–H groups in total. The van der Waals surface area contributed by atoms with E-state index in [1.54, 1.807) is 36.4 Å². The molecule has 3 nitrogen and oxygen atoms in total. The molecule has 3 heteroatoms. The van der Waals surface area contributed by atoms with E-state index in [9.17, 15) is 10.1 Å². The number of ether oxygens (including phenoxy) is 1. The van der Waals surface area contributed by atoms with Gasteiger partial charge in [-0.1, -0.05) is 42.5 Å². The Kier molecular flexibility index (Phi) is 2.62. The van der Waals surface area contributed by atoms with E-state index >= 15 is 0 Å². The number of benzene rings is 2. The average molecular weight is 247 g/mol. The maximum atomic E-state index is 12.2. The number of allylic oxidation sites excluding steroid dienone is 2. The van der Waals surface area contributed by atoms with Crippen molar-refractivity contribution in [3.63, 3.8) is 0 Å². The first kappa shape index (κ1) is 11.2. The van der Waals surface area contributed by atoms with E-state index < -0.39 is 0 Å². The van der Waals surface area contributed by atoms with Crippen LogP contribution >= 0.6 is 0 Å². The molecule has 3 rings (SSSR count). The van der Waals surface area contributed by atoms with Crippen LogP contribution in [0, 0.1) is 11.3 Å². The van der Waals surface area contributed by atoms with Crippen molar-refractivity contribution in [3.8, 4) is 11.8 Å². The van der Waals surface area contributed by atoms with Gasteiger partial charge in [0.1, 0.15) is 17.4 Å². The Hall–Kier alpha value is -2.86. The van der Waals surface area contributed by atoms with Gasteiger partial charge < -0.3 is 4.74 Å². The normalized spacial score (nSPS) is 15.4. The van der Waals surface area contributed by atoms with E-state index in [0.29, 0.717) is 16.9 Å². The lowest BCUT2D eigenvalue weighted by atomic mass is 10.0. The monoisotopic (exact) mass is 247 g/mol. The van der Waals surface area contributed by atoms with Gasteiger partial charge >= 0.3 is 0 Å². The maximum Gasteiger partial charge on any atom is 0.233 e. The van der Waals surface area contributed by atoms with Crippen molar-refractivity contribution in [1.82, 2.24) is 0 Å². The quantitative estimate of drug-likeness (QED) is 0.574. The summed E-state index contributed by atoms with van der Waals surface area (Å²) >= 11 is 0. The molecule has 1 aliphatic heterocycles. The number of para-hydroxylation sites is 1. The van der Waals surface area contributed by atoms with Gasteiger partial charge in [-0.15, -0.1) is 0 Å². The lowest BCUT2D eigenvalue weighted by molar-refractivity contribution is 0.101. The number of fused-ring (bicyclic) bond motifs is 1. The van der Waals surface area contributed by atoms with Crippen molar-refractivity contribution in [3.05, 3.63) is 71.5 Å². The average Bonchev–Trinajstić information content (AvgIpc) is 2.79. The molecule has 0 spiro atoms. The van der Waals surface area contributed by atoms with E-state index in [1.807, 2.05) is 18.2 Å². The minimum absolute atomic E-state index is 0.106. The van der Waals surface area contributed by atoms with Crippen LogP contribution in [0.4, 0.5) is 0 Å². The minimum atomic E-state index is -0.240. The van der Waals surface area contributed by atoms with Crippen molar-refractivity contribution in [2.24, 2.45) is 0 Å². The van der Waals surface area contributed by atoms with Gasteiger partial charge in [-0.25, -0.2) is 0 Å². The Morgan fingerprint density at radius 3 is 2.37 bits per heavy atom. The van der Waals surface area contributed by atoms with Gasteiger partial charge in [0.15, 0.2) is 5.76 Å². The van der Waals surface area contributed by atoms with Crippen LogP contribution in [0.15, 0.2) is 60.4 Å². The molecule has 0 radical (unpaired) electrons. The highest BCUT2D eigenvalue weighted by Crippen LogP contribution is 2.34. The van der Waals surface area contributed by atoms with Gasteiger partial charge in [-0.3, -0.25) is 4.79 Å². The smallest absolute Gasteiger partial charge is 0.233 e. The fourth-order valence-corrected chi connectivity index (χ4v) is 2.04. The van der Waals surface area contributed by atoms with E-state index in [-0.39, 0.29) is 17.1 Å². The van der Waals surface area contributed by atoms with Crippen LogP contribution in [0.2, 0.25) is 0 Å². The molecule has 1 heterocycles. The largest absolute Gasteiger partial charge is 0.451 e. The second-order valence-electron chi connectivity index (χ2n) is 4.11. The Labute approximate surface area is 110 Å². The van der Waals surface area contributed by atoms with Gasteiger partial charge in [0, 0.05) is 0 Å². The third kappa shape index (κ3) is 1.80. The molecule has 2 aromatic carbocycles. The zero-order valence-corrected chi connectivity index (χ0v) is 9.96. The Bertz CT molecular complexity index is 724. The molecule has 0 unspecified atom stereocenters. The highest BCUT2D eigenvalue weighted by atomic mass is 16.5. The summed E-state index contributed by atoms with van der Waals surface area (Å²) in [4.78, 5) is 12.2. The topological polar surface area (TPSA) is 50.1 Å². The fourth-order valence-electron chi connectivity index (χ4n) is 2.04. The van der Waals surface area contributed by atoms with Crippen molar-refractivity contribution in [2.45, 2.75) is 0 Å². The molecule has 0 aromatic heterocycles. The van der Waals surface area contributed by atoms with Gasteiger partial charge in [-0.05, 0) is 17.7 Å². The minimum Gasteiger partial charge on any atom is -0.451 e. The third-order valence-electron chi connectivity index (χ3n) is 2.95. The van der Waals surface area contributed by atoms with Crippen LogP contribution in [0.1, 0.15) is 15.9 Å². The first-order valence-electron chi connectivity index (χ1n) is 5.82. The molecule has 0 amide bonds. The zero-order chi connectivity index (χ0) is 13.2. The summed E-state index contributed by atoms with van der Waals surface area (Å²) < 4.78 is 5.53. The molecule has 0 fully saturated rings. The van der Waals surface area contributed by atoms with Crippen LogP contribution in [0.5, 0.6) is 5.75 Å². The van der Waals surface area contributed by atoms with Gasteiger partial charge in [0.25, 0.3) is 0 Å². The molecule has 0 saturated heterocycles. The van der Waals surface area contributed by atoms with E-state index in [0.717, 1.165) is 0 Å². The molecule has 0 atom stereocenters. The van der Waals surface area contributed by atoms with Gasteiger partial charge in [-0.2, -0.15) is 5.26 Å². The lowest BCUT2D eigenvalue weighted by Crippen LogP contribution is -2.02. The number of ketones is 1. The molecule has 1 aliphatic rings. The van der Waals surface area contributed by atoms with Crippen LogP contribution in [-0.2, 0) is 0 Å². The Morgan fingerprint density at radius 1 is 1.00 bits per heavy atom. The number of Topliss-reactive ketones (excluding diaryl/α,β-unsaturated/α-hetero) is 1. The number of carbonyl (C=O) groups is 1. The van der Waals surface area contributed by atoms with Crippen molar-refractivity contribution in [1.29, 1.82) is 5.26 Å². The third-order valence-corrected chi connectivity index (χ3v) is 2.95. The first-order chi connectivity index (χ1) is 9.31. The molecule has 0 bridgehead atoms. The first-order valence-corrected chi connectivity index (χ1v) is 5.82. The van der Waals surface area contributed by atoms with E-state index in [2.05, 4.69) is 6.07 Å². The zero-order valence-electron chi connectivity index (χ0n) is 9.96. The number of hydrogen-bond donors (Lipinski definition) is 0. The second kappa shape index (κ2) is 4.43. The van der Waals surface area contributed by atoms with Crippen LogP contribution in [0.3, 0.4) is 0 Å². The summed E-state index contributed by atoms with van der Waals surface area (Å²) in [6, 6.07) is 18.1. The highest BCUT2D eigenvalue weighted by molar-refractivity contribution is 6.17. The molecule has 90 valence electrons. The molecule has 0 aliphatic carbocycles. The van der Waals surface area contributed by atoms with E-state index in [4.69, 9.17) is 4.74 Å². The Morgan fingerprint density at radius 2 is 1.68 bits per heavy atom. The maximum absolute atomic E-state index is 12.2. The molecule has 19 heavy (non-hydrogen) atoms. The van der Waals surface area contributed by atoms with Crippen molar-refractivity contribution < 1.29 is 9.53 Å². The number of carbonyl (C=O) groups excluding carboxylic acids is 1. The number of nitriles is 1. The standard InChI is InChI=1S/C16H9NO2/c17-10-13(11-6-2-1-3-7-11)16-15(18)12-8-4-5-9-14(12)19-16/h1-9H/b16-13-. The lowest BCUT2D eigenvalue weighted by Gasteiger charge is -2.02. The highest BCUT2D eigenvalue weighted by Gasteiger charge is 2.30. The molecule has 2 aromatic rings. The van der Waals surface area contributed by atoms with Crippen molar-refractivity contribution in [2.75, 3.05) is 0 Å². The second-order valence-corrected chi connectivity index (χ2v) is 4.11. The predicted molar refractivity (Wildman–Crippen MR) is 70.4 cm³/mol. The van der Waals surface area contributed by atoms with Gasteiger partial charge in [0.05, 0.1) is 5.56 Å². The van der Waals surface area contributed by atoms with Crippen LogP contribution in [-0.4, -0.2) is 5.78 Å². The van der Waals surface area contributed by atoms with E-state index in [1.165, 1.54) is 0 Å². The summed E-state index contributed by atoms with van der Waals surface area (Å²) in [5, 5.41) is 9.30. The summed E-state index contributed by atoms with van der Waals surface area (Å²) in [7, 11) is 0. The van der Waals surface area contributed by atoms with Gasteiger partial charge in [0.2, 0.25) is 5.78 Å². The summed E-state index contributed by atoms with van der Waals surface area (Å²) in [6.45, 7) is 0. The number of hydrogen-bond acceptors (Lipinski definition) is 3.